The van der Waals surface area contributed by atoms with Crippen molar-refractivity contribution in [3.8, 4) is 0 Å². The first-order chi connectivity index (χ1) is 15.3. The third kappa shape index (κ3) is 4.66. The number of nitrogens with zero attached hydrogens (tertiary/aromatic N) is 4. The maximum Gasteiger partial charge on any atom is 0.269 e. The van der Waals surface area contributed by atoms with Gasteiger partial charge in [-0.15, -0.1) is 0 Å². The maximum atomic E-state index is 13.2. The number of carbonyl (C=O) groups excluding carboxylic acids is 1. The fourth-order valence-electron chi connectivity index (χ4n) is 4.66. The Kier molecular flexibility index (Phi) is 6.53. The van der Waals surface area contributed by atoms with E-state index in [-0.39, 0.29) is 28.5 Å². The topological polar surface area (TPSA) is 82.0 Å². The van der Waals surface area contributed by atoms with Crippen molar-refractivity contribution in [2.75, 3.05) is 56.6 Å². The average molecular weight is 458 g/mol. The molecule has 0 bridgehead atoms. The van der Waals surface area contributed by atoms with Crippen LogP contribution in [0.15, 0.2) is 42.5 Å². The highest BCUT2D eigenvalue weighted by Gasteiger charge is 2.42. The molecule has 2 heterocycles. The predicted molar refractivity (Wildman–Crippen MR) is 127 cm³/mol. The van der Waals surface area contributed by atoms with Crippen LogP contribution in [0.25, 0.3) is 0 Å². The maximum absolute atomic E-state index is 13.2. The van der Waals surface area contributed by atoms with Gasteiger partial charge in [0.15, 0.2) is 0 Å². The number of fused-ring (bicyclic) bond motifs is 3. The van der Waals surface area contributed by atoms with Gasteiger partial charge in [0, 0.05) is 61.3 Å². The molecule has 1 fully saturated rings. The summed E-state index contributed by atoms with van der Waals surface area (Å²) in [6.07, 6.45) is 0.482. The van der Waals surface area contributed by atoms with Crippen molar-refractivity contribution < 1.29 is 9.72 Å². The zero-order valence-electron chi connectivity index (χ0n) is 18.3. The van der Waals surface area contributed by atoms with Crippen LogP contribution in [-0.4, -0.2) is 68.6 Å². The fourth-order valence-corrected chi connectivity index (χ4v) is 4.85. The first-order valence-electron chi connectivity index (χ1n) is 10.8. The molecule has 2 atom stereocenters. The Morgan fingerprint density at radius 3 is 2.78 bits per heavy atom. The van der Waals surface area contributed by atoms with Crippen LogP contribution < -0.4 is 15.1 Å². The summed E-state index contributed by atoms with van der Waals surface area (Å²) in [4.78, 5) is 30.7. The molecule has 8 nitrogen and oxygen atoms in total. The van der Waals surface area contributed by atoms with Crippen LogP contribution in [0.2, 0.25) is 5.02 Å². The second kappa shape index (κ2) is 9.34. The van der Waals surface area contributed by atoms with Crippen LogP contribution in [0.4, 0.5) is 17.1 Å². The van der Waals surface area contributed by atoms with E-state index in [2.05, 4.69) is 15.1 Å². The number of nitro benzene ring substituents is 1. The van der Waals surface area contributed by atoms with Crippen LogP contribution in [0.1, 0.15) is 5.56 Å². The quantitative estimate of drug-likeness (QED) is 0.530. The number of amides is 1. The van der Waals surface area contributed by atoms with Crippen molar-refractivity contribution in [3.05, 3.63) is 63.2 Å². The number of hydrogen-bond donors (Lipinski definition) is 1. The molecule has 0 aliphatic carbocycles. The fraction of sp³-hybridized carbons (Fsp3) is 0.435. The monoisotopic (exact) mass is 457 g/mol. The van der Waals surface area contributed by atoms with Gasteiger partial charge in [0.1, 0.15) is 0 Å². The molecule has 9 heteroatoms. The number of nitro groups is 1. The summed E-state index contributed by atoms with van der Waals surface area (Å²) in [7, 11) is 3.93. The van der Waals surface area contributed by atoms with Crippen LogP contribution >= 0.6 is 11.6 Å². The molecule has 2 aromatic carbocycles. The van der Waals surface area contributed by atoms with Gasteiger partial charge in [-0.3, -0.25) is 14.9 Å². The molecule has 170 valence electrons. The Hall–Kier alpha value is -2.84. The summed E-state index contributed by atoms with van der Waals surface area (Å²) >= 11 is 6.21. The second-order valence-corrected chi connectivity index (χ2v) is 9.10. The molecule has 2 aliphatic heterocycles. The molecule has 0 spiro atoms. The number of hydrogen-bond acceptors (Lipinski definition) is 6. The van der Waals surface area contributed by atoms with E-state index < -0.39 is 0 Å². The molecule has 0 saturated carbocycles. The summed E-state index contributed by atoms with van der Waals surface area (Å²) < 4.78 is 0. The minimum atomic E-state index is -0.379. The Morgan fingerprint density at radius 2 is 2.06 bits per heavy atom. The van der Waals surface area contributed by atoms with E-state index in [4.69, 9.17) is 11.6 Å². The Morgan fingerprint density at radius 1 is 1.25 bits per heavy atom. The highest BCUT2D eigenvalue weighted by atomic mass is 35.5. The minimum absolute atomic E-state index is 0.00745. The predicted octanol–water partition coefficient (Wildman–Crippen LogP) is 2.79. The van der Waals surface area contributed by atoms with Gasteiger partial charge < -0.3 is 20.0 Å². The lowest BCUT2D eigenvalue weighted by atomic mass is 9.83. The van der Waals surface area contributed by atoms with Gasteiger partial charge in [-0.25, -0.2) is 0 Å². The molecule has 1 amide bonds. The first-order valence-corrected chi connectivity index (χ1v) is 11.2. The zero-order valence-corrected chi connectivity index (χ0v) is 19.1. The van der Waals surface area contributed by atoms with Crippen LogP contribution in [0.3, 0.4) is 0 Å². The molecular weight excluding hydrogens is 430 g/mol. The number of halogens is 1. The Balaban J connectivity index is 1.63. The standard InChI is InChI=1S/C23H28ClN5O3/c1-26(2)9-8-25-23(30)20-13-16-12-19(29(31)32)6-7-21(16)28-11-10-27(15-22(20)28)18-5-3-4-17(24)14-18/h3-7,12,14,20,22H,8-11,13,15H2,1-2H3,(H,25,30)/t20-,22+/m1/s1. The van der Waals surface area contributed by atoms with Crippen molar-refractivity contribution in [2.45, 2.75) is 12.5 Å². The number of piperazine rings is 1. The van der Waals surface area contributed by atoms with Gasteiger partial charge in [0.25, 0.3) is 5.69 Å². The molecule has 0 unspecified atom stereocenters. The summed E-state index contributed by atoms with van der Waals surface area (Å²) in [5.41, 5.74) is 2.95. The summed E-state index contributed by atoms with van der Waals surface area (Å²) in [6, 6.07) is 12.7. The van der Waals surface area contributed by atoms with E-state index in [1.807, 2.05) is 49.3 Å². The van der Waals surface area contributed by atoms with Gasteiger partial charge in [-0.05, 0) is 50.3 Å². The van der Waals surface area contributed by atoms with E-state index in [0.29, 0.717) is 24.5 Å². The van der Waals surface area contributed by atoms with Gasteiger partial charge in [-0.2, -0.15) is 0 Å². The van der Waals surface area contributed by atoms with Crippen molar-refractivity contribution in [3.63, 3.8) is 0 Å². The van der Waals surface area contributed by atoms with Crippen molar-refractivity contribution in [1.29, 1.82) is 0 Å². The van der Waals surface area contributed by atoms with E-state index in [0.717, 1.165) is 36.6 Å². The lowest BCUT2D eigenvalue weighted by molar-refractivity contribution is -0.384. The van der Waals surface area contributed by atoms with Crippen LogP contribution in [-0.2, 0) is 11.2 Å². The number of rotatable bonds is 6. The molecular formula is C23H28ClN5O3. The number of non-ortho nitro benzene ring substituents is 1. The second-order valence-electron chi connectivity index (χ2n) is 8.66. The van der Waals surface area contributed by atoms with E-state index >= 15 is 0 Å². The molecule has 4 rings (SSSR count). The minimum Gasteiger partial charge on any atom is -0.368 e. The average Bonchev–Trinajstić information content (AvgIpc) is 2.77. The molecule has 2 aliphatic rings. The Bertz CT molecular complexity index is 1010. The number of nitrogens with one attached hydrogen (secondary N) is 1. The third-order valence-corrected chi connectivity index (χ3v) is 6.51. The van der Waals surface area contributed by atoms with Crippen LogP contribution in [0.5, 0.6) is 0 Å². The molecule has 2 aromatic rings. The Labute approximate surface area is 192 Å². The summed E-state index contributed by atoms with van der Waals surface area (Å²) in [5.74, 6) is -0.305. The van der Waals surface area contributed by atoms with Crippen molar-refractivity contribution >= 4 is 34.6 Å². The number of carbonyl (C=O) groups is 1. The number of anilines is 2. The lowest BCUT2D eigenvalue weighted by Crippen LogP contribution is -2.61. The van der Waals surface area contributed by atoms with Crippen molar-refractivity contribution in [1.82, 2.24) is 10.2 Å². The smallest absolute Gasteiger partial charge is 0.269 e. The molecule has 0 radical (unpaired) electrons. The van der Waals surface area contributed by atoms with Gasteiger partial charge in [0.05, 0.1) is 16.9 Å². The molecule has 1 N–H and O–H groups in total. The molecule has 0 aromatic heterocycles. The van der Waals surface area contributed by atoms with Crippen molar-refractivity contribution in [2.24, 2.45) is 5.92 Å². The van der Waals surface area contributed by atoms with Gasteiger partial charge in [0.2, 0.25) is 5.91 Å². The lowest BCUT2D eigenvalue weighted by Gasteiger charge is -2.49. The summed E-state index contributed by atoms with van der Waals surface area (Å²) in [6.45, 7) is 3.51. The number of benzene rings is 2. The van der Waals surface area contributed by atoms with E-state index in [1.165, 1.54) is 0 Å². The van der Waals surface area contributed by atoms with Crippen LogP contribution in [0, 0.1) is 16.0 Å². The van der Waals surface area contributed by atoms with Gasteiger partial charge >= 0.3 is 0 Å². The highest BCUT2D eigenvalue weighted by Crippen LogP contribution is 2.38. The number of likely N-dealkylation sites (N-methyl/N-ethyl adjacent to an activating group) is 1. The third-order valence-electron chi connectivity index (χ3n) is 6.27. The van der Waals surface area contributed by atoms with E-state index in [9.17, 15) is 14.9 Å². The zero-order chi connectivity index (χ0) is 22.8. The van der Waals surface area contributed by atoms with Gasteiger partial charge in [-0.1, -0.05) is 17.7 Å². The molecule has 1 saturated heterocycles. The molecule has 32 heavy (non-hydrogen) atoms. The highest BCUT2D eigenvalue weighted by molar-refractivity contribution is 6.30. The first kappa shape index (κ1) is 22.4. The normalized spacial score (nSPS) is 20.0. The SMILES string of the molecule is CN(C)CCNC(=O)[C@@H]1Cc2cc([N+](=O)[O-])ccc2N2CCN(c3cccc(Cl)c3)C[C@@H]12. The largest absolute Gasteiger partial charge is 0.368 e. The summed E-state index contributed by atoms with van der Waals surface area (Å²) in [5, 5.41) is 15.1. The van der Waals surface area contributed by atoms with E-state index in [1.54, 1.807) is 12.1 Å².